The van der Waals surface area contributed by atoms with E-state index in [-0.39, 0.29) is 5.92 Å². The van der Waals surface area contributed by atoms with Crippen LogP contribution in [0.2, 0.25) is 0 Å². The molecule has 0 aromatic rings. The van der Waals surface area contributed by atoms with E-state index >= 15 is 0 Å². The number of unbranched alkanes of at least 4 members (excludes halogenated alkanes) is 2. The van der Waals surface area contributed by atoms with E-state index in [1.54, 1.807) is 0 Å². The second-order valence-electron chi connectivity index (χ2n) is 7.21. The molecule has 0 saturated heterocycles. The molecule has 0 aliphatic heterocycles. The fraction of sp³-hybridized carbons (Fsp3) is 0.882. The van der Waals surface area contributed by atoms with E-state index in [0.717, 1.165) is 12.8 Å². The topological polar surface area (TPSA) is 173 Å². The van der Waals surface area contributed by atoms with Gasteiger partial charge in [0.15, 0.2) is 6.10 Å². The van der Waals surface area contributed by atoms with Crippen molar-refractivity contribution in [1.82, 2.24) is 5.32 Å². The lowest BCUT2D eigenvalue weighted by molar-refractivity contribution is -0.152. The second-order valence-corrected chi connectivity index (χ2v) is 7.21. The molecule has 0 aromatic carbocycles. The summed E-state index contributed by atoms with van der Waals surface area (Å²) in [6, 6.07) is 0. The van der Waals surface area contributed by atoms with Crippen LogP contribution < -0.4 is 11.1 Å². The first-order valence-corrected chi connectivity index (χ1v) is 8.97. The molecule has 0 saturated carbocycles. The fourth-order valence-electron chi connectivity index (χ4n) is 2.72. The minimum absolute atomic E-state index is 0.0968. The van der Waals surface area contributed by atoms with Crippen LogP contribution in [-0.4, -0.2) is 73.9 Å². The van der Waals surface area contributed by atoms with Gasteiger partial charge in [-0.1, -0.05) is 40.0 Å². The number of carbonyl (C=O) groups is 2. The van der Waals surface area contributed by atoms with E-state index in [1.807, 2.05) is 26.1 Å². The summed E-state index contributed by atoms with van der Waals surface area (Å²) < 4.78 is 0. The van der Waals surface area contributed by atoms with Crippen LogP contribution in [0.25, 0.3) is 0 Å². The Morgan fingerprint density at radius 2 is 1.65 bits per heavy atom. The molecule has 0 aliphatic rings. The number of rotatable bonds is 12. The predicted octanol–water partition coefficient (Wildman–Crippen LogP) is -1.61. The van der Waals surface area contributed by atoms with E-state index in [0.29, 0.717) is 19.3 Å². The third-order valence-electron chi connectivity index (χ3n) is 4.21. The molecule has 5 unspecified atom stereocenters. The van der Waals surface area contributed by atoms with Gasteiger partial charge >= 0.3 is 0 Å². The zero-order valence-corrected chi connectivity index (χ0v) is 15.8. The van der Waals surface area contributed by atoms with Crippen molar-refractivity contribution in [3.05, 3.63) is 0 Å². The molecule has 0 aliphatic carbocycles. The van der Waals surface area contributed by atoms with Crippen molar-refractivity contribution in [3.8, 4) is 0 Å². The summed E-state index contributed by atoms with van der Waals surface area (Å²) in [4.78, 5) is 24.5. The molecule has 5 atom stereocenters. The molecule has 2 amide bonds. The lowest BCUT2D eigenvalue weighted by Gasteiger charge is -2.31. The Bertz CT molecular complexity index is 447. The molecule has 0 bridgehead atoms. The number of nitrogens with two attached hydrogens (primary N) is 1. The number of aliphatic hydroxyl groups is 5. The number of imide groups is 1. The average molecular weight is 378 g/mol. The van der Waals surface area contributed by atoms with Gasteiger partial charge in [-0.3, -0.25) is 14.9 Å². The van der Waals surface area contributed by atoms with Gasteiger partial charge in [-0.2, -0.15) is 0 Å². The van der Waals surface area contributed by atoms with Crippen molar-refractivity contribution < 1.29 is 35.1 Å². The molecule has 0 heterocycles. The first-order valence-electron chi connectivity index (χ1n) is 8.97. The summed E-state index contributed by atoms with van der Waals surface area (Å²) in [5, 5.41) is 49.1. The Balaban J connectivity index is 5.01. The van der Waals surface area contributed by atoms with Crippen LogP contribution in [0.15, 0.2) is 0 Å². The van der Waals surface area contributed by atoms with Crippen molar-refractivity contribution in [3.63, 3.8) is 0 Å². The smallest absolute Gasteiger partial charge is 0.258 e. The lowest BCUT2D eigenvalue weighted by Crippen LogP contribution is -2.59. The SMILES string of the molecule is CCCCCC(N)(CC(C)C)C(=O)NC(=O)C(O)C(O)C(O)C(O)CO. The van der Waals surface area contributed by atoms with Crippen molar-refractivity contribution >= 4 is 11.8 Å². The van der Waals surface area contributed by atoms with Crippen molar-refractivity contribution in [2.45, 2.75) is 82.8 Å². The predicted molar refractivity (Wildman–Crippen MR) is 94.8 cm³/mol. The highest BCUT2D eigenvalue weighted by atomic mass is 16.4. The maximum Gasteiger partial charge on any atom is 0.258 e. The average Bonchev–Trinajstić information content (AvgIpc) is 2.58. The second kappa shape index (κ2) is 11.6. The molecule has 9 heteroatoms. The van der Waals surface area contributed by atoms with Gasteiger partial charge in [-0.25, -0.2) is 0 Å². The van der Waals surface area contributed by atoms with E-state index in [9.17, 15) is 30.0 Å². The van der Waals surface area contributed by atoms with E-state index in [4.69, 9.17) is 10.8 Å². The largest absolute Gasteiger partial charge is 0.394 e. The van der Waals surface area contributed by atoms with Gasteiger partial charge in [0.2, 0.25) is 5.91 Å². The molecule has 0 radical (unpaired) electrons. The molecular weight excluding hydrogens is 344 g/mol. The molecule has 9 nitrogen and oxygen atoms in total. The maximum atomic E-state index is 12.5. The Hall–Kier alpha value is -1.10. The number of aliphatic hydroxyl groups excluding tert-OH is 5. The molecule has 26 heavy (non-hydrogen) atoms. The minimum atomic E-state index is -2.17. The summed E-state index contributed by atoms with van der Waals surface area (Å²) in [7, 11) is 0. The van der Waals surface area contributed by atoms with Crippen LogP contribution in [0.1, 0.15) is 52.9 Å². The van der Waals surface area contributed by atoms with Gasteiger partial charge in [0.25, 0.3) is 5.91 Å². The Kier molecular flexibility index (Phi) is 11.1. The third-order valence-corrected chi connectivity index (χ3v) is 4.21. The Morgan fingerprint density at radius 3 is 2.12 bits per heavy atom. The molecule has 8 N–H and O–H groups in total. The fourth-order valence-corrected chi connectivity index (χ4v) is 2.72. The molecule has 0 aromatic heterocycles. The van der Waals surface area contributed by atoms with E-state index < -0.39 is 48.4 Å². The normalized spacial score (nSPS) is 18.7. The van der Waals surface area contributed by atoms with Crippen LogP contribution in [0, 0.1) is 5.92 Å². The van der Waals surface area contributed by atoms with Crippen LogP contribution >= 0.6 is 0 Å². The molecule has 0 spiro atoms. The van der Waals surface area contributed by atoms with Gasteiger partial charge < -0.3 is 31.3 Å². The highest BCUT2D eigenvalue weighted by Gasteiger charge is 2.39. The van der Waals surface area contributed by atoms with E-state index in [1.165, 1.54) is 0 Å². The Labute approximate surface area is 154 Å². The zero-order valence-electron chi connectivity index (χ0n) is 15.8. The number of amides is 2. The number of hydrogen-bond donors (Lipinski definition) is 7. The summed E-state index contributed by atoms with van der Waals surface area (Å²) in [6.45, 7) is 4.92. The minimum Gasteiger partial charge on any atom is -0.394 e. The highest BCUT2D eigenvalue weighted by molar-refractivity contribution is 6.01. The third kappa shape index (κ3) is 7.65. The first kappa shape index (κ1) is 24.9. The molecule has 0 fully saturated rings. The van der Waals surface area contributed by atoms with E-state index in [2.05, 4.69) is 0 Å². The standard InChI is InChI=1S/C17H34N2O7/c1-4-5-6-7-17(18,8-10(2)3)16(26)19-15(25)14(24)13(23)12(22)11(21)9-20/h10-14,20-24H,4-9,18H2,1-3H3,(H,19,25,26). The zero-order chi connectivity index (χ0) is 20.5. The molecule has 154 valence electrons. The summed E-state index contributed by atoms with van der Waals surface area (Å²) in [5.74, 6) is -1.91. The van der Waals surface area contributed by atoms with Crippen LogP contribution in [0.5, 0.6) is 0 Å². The molecular formula is C17H34N2O7. The quantitative estimate of drug-likeness (QED) is 0.199. The van der Waals surface area contributed by atoms with Crippen molar-refractivity contribution in [1.29, 1.82) is 0 Å². The number of hydrogen-bond acceptors (Lipinski definition) is 8. The summed E-state index contributed by atoms with van der Waals surface area (Å²) >= 11 is 0. The van der Waals surface area contributed by atoms with Crippen LogP contribution in [-0.2, 0) is 9.59 Å². The van der Waals surface area contributed by atoms with Crippen molar-refractivity contribution in [2.24, 2.45) is 11.7 Å². The highest BCUT2D eigenvalue weighted by Crippen LogP contribution is 2.22. The maximum absolute atomic E-state index is 12.5. The van der Waals surface area contributed by atoms with Crippen molar-refractivity contribution in [2.75, 3.05) is 6.61 Å². The van der Waals surface area contributed by atoms with Crippen LogP contribution in [0.4, 0.5) is 0 Å². The Morgan fingerprint density at radius 1 is 1.08 bits per heavy atom. The monoisotopic (exact) mass is 378 g/mol. The van der Waals surface area contributed by atoms with Gasteiger partial charge in [-0.15, -0.1) is 0 Å². The van der Waals surface area contributed by atoms with Gasteiger partial charge in [0.1, 0.15) is 18.3 Å². The summed E-state index contributed by atoms with van der Waals surface area (Å²) in [6.07, 6.45) is -4.74. The lowest BCUT2D eigenvalue weighted by atomic mass is 9.84. The van der Waals surface area contributed by atoms with Crippen LogP contribution in [0.3, 0.4) is 0 Å². The van der Waals surface area contributed by atoms with Gasteiger partial charge in [0.05, 0.1) is 12.1 Å². The molecule has 0 rings (SSSR count). The number of nitrogens with one attached hydrogen (secondary N) is 1. The van der Waals surface area contributed by atoms with Gasteiger partial charge in [-0.05, 0) is 18.8 Å². The van der Waals surface area contributed by atoms with Gasteiger partial charge in [0, 0.05) is 0 Å². The first-order chi connectivity index (χ1) is 12.0. The summed E-state index contributed by atoms with van der Waals surface area (Å²) in [5.41, 5.74) is 4.91. The number of carbonyl (C=O) groups excluding carboxylic acids is 2.